The predicted octanol–water partition coefficient (Wildman–Crippen LogP) is 2.90. The number of rotatable bonds is 3. The first-order chi connectivity index (χ1) is 8.86. The summed E-state index contributed by atoms with van der Waals surface area (Å²) < 4.78 is 36.9. The lowest BCUT2D eigenvalue weighted by atomic mass is 9.94. The highest BCUT2D eigenvalue weighted by molar-refractivity contribution is 7.91. The van der Waals surface area contributed by atoms with Crippen LogP contribution in [0.1, 0.15) is 31.2 Å². The van der Waals surface area contributed by atoms with Crippen LogP contribution in [0.4, 0.5) is 10.1 Å². The summed E-state index contributed by atoms with van der Waals surface area (Å²) in [7, 11) is -3.00. The molecule has 1 fully saturated rings. The standard InChI is InChI=1S/C14H20FNO2S/c1-10-6-7-13(15)14(8-10)16-11-4-3-5-12(9-11)19(2,17)18/h6-8,11-12,16H,3-5,9H2,1-2H3. The smallest absolute Gasteiger partial charge is 0.150 e. The molecule has 1 aromatic carbocycles. The van der Waals surface area contributed by atoms with Gasteiger partial charge in [-0.1, -0.05) is 12.5 Å². The van der Waals surface area contributed by atoms with Crippen LogP contribution in [-0.4, -0.2) is 26.0 Å². The lowest BCUT2D eigenvalue weighted by Gasteiger charge is -2.29. The van der Waals surface area contributed by atoms with Crippen molar-refractivity contribution in [3.63, 3.8) is 0 Å². The molecular weight excluding hydrogens is 265 g/mol. The van der Waals surface area contributed by atoms with Gasteiger partial charge in [-0.3, -0.25) is 0 Å². The third kappa shape index (κ3) is 3.69. The van der Waals surface area contributed by atoms with Crippen molar-refractivity contribution >= 4 is 15.5 Å². The predicted molar refractivity (Wildman–Crippen MR) is 75.6 cm³/mol. The summed E-state index contributed by atoms with van der Waals surface area (Å²) in [5, 5.41) is 2.85. The van der Waals surface area contributed by atoms with Crippen molar-refractivity contribution in [3.8, 4) is 0 Å². The Morgan fingerprint density at radius 3 is 2.74 bits per heavy atom. The van der Waals surface area contributed by atoms with E-state index in [0.29, 0.717) is 18.5 Å². The molecule has 0 spiro atoms. The summed E-state index contributed by atoms with van der Waals surface area (Å²) in [4.78, 5) is 0. The molecule has 0 aliphatic heterocycles. The quantitative estimate of drug-likeness (QED) is 0.929. The highest BCUT2D eigenvalue weighted by Gasteiger charge is 2.29. The third-order valence-electron chi connectivity index (χ3n) is 3.71. The molecule has 0 aromatic heterocycles. The number of aryl methyl sites for hydroxylation is 1. The van der Waals surface area contributed by atoms with Crippen LogP contribution in [0, 0.1) is 12.7 Å². The zero-order valence-electron chi connectivity index (χ0n) is 11.3. The van der Waals surface area contributed by atoms with Gasteiger partial charge in [-0.2, -0.15) is 0 Å². The van der Waals surface area contributed by atoms with E-state index in [-0.39, 0.29) is 17.1 Å². The first kappa shape index (κ1) is 14.3. The van der Waals surface area contributed by atoms with Gasteiger partial charge in [-0.05, 0) is 43.9 Å². The second kappa shape index (κ2) is 5.49. The van der Waals surface area contributed by atoms with Crippen LogP contribution in [0.25, 0.3) is 0 Å². The molecule has 2 atom stereocenters. The maximum atomic E-state index is 13.7. The molecule has 19 heavy (non-hydrogen) atoms. The summed E-state index contributed by atoms with van der Waals surface area (Å²) in [5.74, 6) is -0.285. The van der Waals surface area contributed by atoms with Gasteiger partial charge in [0.15, 0.2) is 0 Å². The fraction of sp³-hybridized carbons (Fsp3) is 0.571. The topological polar surface area (TPSA) is 46.2 Å². The zero-order valence-corrected chi connectivity index (χ0v) is 12.1. The highest BCUT2D eigenvalue weighted by Crippen LogP contribution is 2.27. The van der Waals surface area contributed by atoms with Gasteiger partial charge >= 0.3 is 0 Å². The fourth-order valence-electron chi connectivity index (χ4n) is 2.63. The number of sulfone groups is 1. The van der Waals surface area contributed by atoms with E-state index in [1.807, 2.05) is 6.92 Å². The van der Waals surface area contributed by atoms with E-state index in [1.165, 1.54) is 12.3 Å². The van der Waals surface area contributed by atoms with E-state index in [9.17, 15) is 12.8 Å². The Labute approximate surface area is 114 Å². The first-order valence-electron chi connectivity index (χ1n) is 6.58. The minimum absolute atomic E-state index is 0.0322. The first-order valence-corrected chi connectivity index (χ1v) is 8.53. The van der Waals surface area contributed by atoms with Gasteiger partial charge in [0.2, 0.25) is 0 Å². The number of hydrogen-bond acceptors (Lipinski definition) is 3. The molecule has 2 unspecified atom stereocenters. The van der Waals surface area contributed by atoms with Crippen LogP contribution >= 0.6 is 0 Å². The van der Waals surface area contributed by atoms with Gasteiger partial charge in [-0.15, -0.1) is 0 Å². The summed E-state index contributed by atoms with van der Waals surface area (Å²) in [6.07, 6.45) is 4.31. The van der Waals surface area contributed by atoms with E-state index in [2.05, 4.69) is 5.32 Å². The van der Waals surface area contributed by atoms with Crippen molar-refractivity contribution in [2.75, 3.05) is 11.6 Å². The normalized spacial score (nSPS) is 24.2. The SMILES string of the molecule is Cc1ccc(F)c(NC2CCCC(S(C)(=O)=O)C2)c1. The van der Waals surface area contributed by atoms with Gasteiger partial charge in [0, 0.05) is 12.3 Å². The van der Waals surface area contributed by atoms with E-state index in [4.69, 9.17) is 0 Å². The van der Waals surface area contributed by atoms with Crippen molar-refractivity contribution in [1.29, 1.82) is 0 Å². The van der Waals surface area contributed by atoms with Crippen LogP contribution in [0.3, 0.4) is 0 Å². The Hall–Kier alpha value is -1.10. The lowest BCUT2D eigenvalue weighted by Crippen LogP contribution is -2.34. The van der Waals surface area contributed by atoms with Crippen molar-refractivity contribution in [3.05, 3.63) is 29.6 Å². The molecule has 1 aromatic rings. The summed E-state index contributed by atoms with van der Waals surface area (Å²) >= 11 is 0. The molecule has 0 amide bonds. The maximum absolute atomic E-state index is 13.7. The van der Waals surface area contributed by atoms with E-state index in [0.717, 1.165) is 18.4 Å². The Morgan fingerprint density at radius 1 is 1.32 bits per heavy atom. The zero-order chi connectivity index (χ0) is 14.0. The Balaban J connectivity index is 2.09. The van der Waals surface area contributed by atoms with Crippen LogP contribution < -0.4 is 5.32 Å². The number of nitrogens with one attached hydrogen (secondary N) is 1. The minimum atomic E-state index is -3.00. The van der Waals surface area contributed by atoms with Crippen LogP contribution in [0.2, 0.25) is 0 Å². The van der Waals surface area contributed by atoms with Gasteiger partial charge < -0.3 is 5.32 Å². The molecule has 1 aliphatic carbocycles. The van der Waals surface area contributed by atoms with Gasteiger partial charge in [-0.25, -0.2) is 12.8 Å². The summed E-state index contributed by atoms with van der Waals surface area (Å²) in [6, 6.07) is 4.96. The third-order valence-corrected chi connectivity index (χ3v) is 5.35. The number of hydrogen-bond donors (Lipinski definition) is 1. The van der Waals surface area contributed by atoms with E-state index in [1.54, 1.807) is 12.1 Å². The Bertz CT molecular complexity index is 557. The molecule has 0 heterocycles. The molecule has 5 heteroatoms. The molecule has 1 N–H and O–H groups in total. The average molecular weight is 285 g/mol. The number of benzene rings is 1. The number of halogens is 1. The molecule has 0 bridgehead atoms. The molecule has 106 valence electrons. The maximum Gasteiger partial charge on any atom is 0.150 e. The highest BCUT2D eigenvalue weighted by atomic mass is 32.2. The molecular formula is C14H20FNO2S. The molecule has 2 rings (SSSR count). The Kier molecular flexibility index (Phi) is 4.13. The lowest BCUT2D eigenvalue weighted by molar-refractivity contribution is 0.451. The van der Waals surface area contributed by atoms with Gasteiger partial charge in [0.25, 0.3) is 0 Å². The van der Waals surface area contributed by atoms with Crippen LogP contribution in [0.15, 0.2) is 18.2 Å². The van der Waals surface area contributed by atoms with Crippen molar-refractivity contribution in [2.24, 2.45) is 0 Å². The van der Waals surface area contributed by atoms with Crippen molar-refractivity contribution < 1.29 is 12.8 Å². The summed E-state index contributed by atoms with van der Waals surface area (Å²) in [5.41, 5.74) is 1.46. The summed E-state index contributed by atoms with van der Waals surface area (Å²) in [6.45, 7) is 1.91. The molecule has 3 nitrogen and oxygen atoms in total. The monoisotopic (exact) mass is 285 g/mol. The molecule has 0 saturated heterocycles. The molecule has 1 saturated carbocycles. The second-order valence-electron chi connectivity index (χ2n) is 5.44. The van der Waals surface area contributed by atoms with E-state index < -0.39 is 9.84 Å². The largest absolute Gasteiger partial charge is 0.380 e. The van der Waals surface area contributed by atoms with Crippen molar-refractivity contribution in [2.45, 2.75) is 43.9 Å². The van der Waals surface area contributed by atoms with Gasteiger partial charge in [0.05, 0.1) is 10.9 Å². The number of anilines is 1. The van der Waals surface area contributed by atoms with E-state index >= 15 is 0 Å². The van der Waals surface area contributed by atoms with Crippen LogP contribution in [0.5, 0.6) is 0 Å². The molecule has 1 aliphatic rings. The molecule has 0 radical (unpaired) electrons. The van der Waals surface area contributed by atoms with Crippen LogP contribution in [-0.2, 0) is 9.84 Å². The van der Waals surface area contributed by atoms with Gasteiger partial charge in [0.1, 0.15) is 15.7 Å². The average Bonchev–Trinajstić information content (AvgIpc) is 2.33. The minimum Gasteiger partial charge on any atom is -0.380 e. The fourth-order valence-corrected chi connectivity index (χ4v) is 3.81. The van der Waals surface area contributed by atoms with Crippen molar-refractivity contribution in [1.82, 2.24) is 0 Å². The Morgan fingerprint density at radius 2 is 2.05 bits per heavy atom. The second-order valence-corrected chi connectivity index (χ2v) is 7.77.